The molecule has 3 rings (SSSR count). The summed E-state index contributed by atoms with van der Waals surface area (Å²) >= 11 is 0. The molecule has 0 bridgehead atoms. The van der Waals surface area contributed by atoms with E-state index in [0.29, 0.717) is 5.75 Å². The third kappa shape index (κ3) is 4.20. The SMILES string of the molecule is Cc1cc2c(OCC(=O)O)cccc2n1CCc1ccccc1.[H-].[Na+]. The zero-order valence-electron chi connectivity index (χ0n) is 15.0. The monoisotopic (exact) mass is 333 g/mol. The van der Waals surface area contributed by atoms with E-state index in [0.717, 1.165) is 29.6 Å². The van der Waals surface area contributed by atoms with Gasteiger partial charge in [-0.15, -0.1) is 0 Å². The Morgan fingerprint density at radius 3 is 2.62 bits per heavy atom. The van der Waals surface area contributed by atoms with Gasteiger partial charge in [0, 0.05) is 17.6 Å². The van der Waals surface area contributed by atoms with Crippen molar-refractivity contribution >= 4 is 16.9 Å². The number of carboxylic acids is 1. The van der Waals surface area contributed by atoms with Crippen LogP contribution in [0.1, 0.15) is 12.7 Å². The van der Waals surface area contributed by atoms with Gasteiger partial charge in [0.25, 0.3) is 0 Å². The number of nitrogens with zero attached hydrogens (tertiary/aromatic N) is 1. The summed E-state index contributed by atoms with van der Waals surface area (Å²) in [5.41, 5.74) is 3.51. The molecule has 0 amide bonds. The molecule has 3 aromatic rings. The maximum atomic E-state index is 10.7. The molecule has 1 aromatic heterocycles. The van der Waals surface area contributed by atoms with Crippen molar-refractivity contribution in [3.8, 4) is 5.75 Å². The fraction of sp³-hybridized carbons (Fsp3) is 0.211. The second-order valence-electron chi connectivity index (χ2n) is 5.54. The van der Waals surface area contributed by atoms with E-state index in [4.69, 9.17) is 9.84 Å². The molecule has 4 nitrogen and oxygen atoms in total. The summed E-state index contributed by atoms with van der Waals surface area (Å²) in [6.07, 6.45) is 0.950. The van der Waals surface area contributed by atoms with Crippen LogP contribution in [0.3, 0.4) is 0 Å². The Labute approximate surface area is 164 Å². The minimum absolute atomic E-state index is 0. The van der Waals surface area contributed by atoms with Crippen LogP contribution >= 0.6 is 0 Å². The molecule has 1 N–H and O–H groups in total. The molecule has 0 unspecified atom stereocenters. The molecule has 0 aliphatic carbocycles. The molecule has 2 aromatic carbocycles. The van der Waals surface area contributed by atoms with E-state index in [9.17, 15) is 4.79 Å². The van der Waals surface area contributed by atoms with Crippen LogP contribution in [-0.2, 0) is 17.8 Å². The average molecular weight is 333 g/mol. The normalized spacial score (nSPS) is 10.4. The number of ether oxygens (including phenoxy) is 1. The topological polar surface area (TPSA) is 51.5 Å². The molecule has 0 aliphatic heterocycles. The predicted octanol–water partition coefficient (Wildman–Crippen LogP) is 0.772. The molecule has 5 heteroatoms. The number of fused-ring (bicyclic) bond motifs is 1. The van der Waals surface area contributed by atoms with Crippen LogP contribution in [-0.4, -0.2) is 22.2 Å². The first-order valence-electron chi connectivity index (χ1n) is 7.62. The van der Waals surface area contributed by atoms with Crippen molar-refractivity contribution in [1.82, 2.24) is 4.57 Å². The van der Waals surface area contributed by atoms with E-state index >= 15 is 0 Å². The molecule has 120 valence electrons. The van der Waals surface area contributed by atoms with Gasteiger partial charge in [0.1, 0.15) is 5.75 Å². The van der Waals surface area contributed by atoms with Crippen molar-refractivity contribution in [1.29, 1.82) is 0 Å². The Balaban J connectivity index is 0.00000156. The number of aliphatic carboxylic acids is 1. The minimum atomic E-state index is -0.970. The van der Waals surface area contributed by atoms with Crippen LogP contribution in [0.5, 0.6) is 5.75 Å². The molecule has 0 aliphatic rings. The number of rotatable bonds is 6. The summed E-state index contributed by atoms with van der Waals surface area (Å²) in [7, 11) is 0. The van der Waals surface area contributed by atoms with Crippen LogP contribution < -0.4 is 34.3 Å². The van der Waals surface area contributed by atoms with Crippen LogP contribution in [0.15, 0.2) is 54.6 Å². The quantitative estimate of drug-likeness (QED) is 0.678. The van der Waals surface area contributed by atoms with Gasteiger partial charge in [-0.1, -0.05) is 36.4 Å². The van der Waals surface area contributed by atoms with E-state index in [1.807, 2.05) is 36.4 Å². The first-order valence-corrected chi connectivity index (χ1v) is 7.62. The van der Waals surface area contributed by atoms with Crippen LogP contribution in [0.25, 0.3) is 10.9 Å². The smallest absolute Gasteiger partial charge is 1.00 e. The molecular formula is C19H20NNaO3. The van der Waals surface area contributed by atoms with Crippen molar-refractivity contribution in [2.24, 2.45) is 0 Å². The fourth-order valence-electron chi connectivity index (χ4n) is 2.84. The number of hydrogen-bond donors (Lipinski definition) is 1. The molecule has 0 saturated heterocycles. The number of hydrogen-bond acceptors (Lipinski definition) is 2. The van der Waals surface area contributed by atoms with Gasteiger partial charge in [-0.3, -0.25) is 0 Å². The van der Waals surface area contributed by atoms with Crippen LogP contribution in [0.2, 0.25) is 0 Å². The van der Waals surface area contributed by atoms with E-state index in [1.54, 1.807) is 0 Å². The maximum absolute atomic E-state index is 10.7. The van der Waals surface area contributed by atoms with Crippen molar-refractivity contribution in [3.63, 3.8) is 0 Å². The van der Waals surface area contributed by atoms with E-state index in [-0.39, 0.29) is 37.6 Å². The zero-order chi connectivity index (χ0) is 16.2. The van der Waals surface area contributed by atoms with Gasteiger partial charge >= 0.3 is 35.5 Å². The molecule has 0 saturated carbocycles. The maximum Gasteiger partial charge on any atom is 1.00 e. The first-order chi connectivity index (χ1) is 11.1. The zero-order valence-corrected chi connectivity index (χ0v) is 16.0. The Morgan fingerprint density at radius 1 is 1.17 bits per heavy atom. The summed E-state index contributed by atoms with van der Waals surface area (Å²) in [5, 5.41) is 9.74. The third-order valence-electron chi connectivity index (χ3n) is 3.93. The first kappa shape index (κ1) is 18.6. The Hall–Kier alpha value is -1.75. The van der Waals surface area contributed by atoms with Crippen LogP contribution in [0.4, 0.5) is 0 Å². The van der Waals surface area contributed by atoms with Gasteiger partial charge in [0.2, 0.25) is 0 Å². The molecule has 0 spiro atoms. The largest absolute Gasteiger partial charge is 1.00 e. The summed E-state index contributed by atoms with van der Waals surface area (Å²) in [4.78, 5) is 10.7. The summed E-state index contributed by atoms with van der Waals surface area (Å²) < 4.78 is 7.64. The Bertz CT molecular complexity index is 833. The number of aryl methyl sites for hydroxylation is 3. The van der Waals surface area contributed by atoms with Gasteiger partial charge in [-0.2, -0.15) is 0 Å². The van der Waals surface area contributed by atoms with Gasteiger partial charge < -0.3 is 15.8 Å². The molecule has 0 radical (unpaired) electrons. The predicted molar refractivity (Wildman–Crippen MR) is 91.1 cm³/mol. The van der Waals surface area contributed by atoms with Crippen molar-refractivity contribution in [3.05, 3.63) is 65.9 Å². The summed E-state index contributed by atoms with van der Waals surface area (Å²) in [6.45, 7) is 2.61. The molecule has 24 heavy (non-hydrogen) atoms. The van der Waals surface area contributed by atoms with Gasteiger partial charge in [-0.25, -0.2) is 4.79 Å². The standard InChI is InChI=1S/C19H19NO3.Na.H/c1-14-12-16-17(8-5-9-18(16)23-13-19(21)22)20(14)11-10-15-6-3-2-4-7-15;;/h2-9,12H,10-11,13H2,1H3,(H,21,22);;/q;+1;-1. The van der Waals surface area contributed by atoms with Crippen LogP contribution in [0, 0.1) is 6.92 Å². The van der Waals surface area contributed by atoms with Gasteiger partial charge in [0.15, 0.2) is 6.61 Å². The van der Waals surface area contributed by atoms with E-state index in [2.05, 4.69) is 29.7 Å². The molecular weight excluding hydrogens is 313 g/mol. The average Bonchev–Trinajstić information content (AvgIpc) is 2.88. The Morgan fingerprint density at radius 2 is 1.92 bits per heavy atom. The number of carboxylic acid groups (broad SMARTS) is 1. The second kappa shape index (κ2) is 8.38. The van der Waals surface area contributed by atoms with Gasteiger partial charge in [-0.05, 0) is 37.1 Å². The molecule has 1 heterocycles. The van der Waals surface area contributed by atoms with Crippen molar-refractivity contribution < 1.29 is 45.6 Å². The Kier molecular flexibility index (Phi) is 6.49. The third-order valence-corrected chi connectivity index (χ3v) is 3.93. The fourth-order valence-corrected chi connectivity index (χ4v) is 2.84. The van der Waals surface area contributed by atoms with Crippen molar-refractivity contribution in [2.45, 2.75) is 19.9 Å². The number of aromatic nitrogens is 1. The molecule has 0 fully saturated rings. The minimum Gasteiger partial charge on any atom is -1.00 e. The summed E-state index contributed by atoms with van der Waals surface area (Å²) in [5.74, 6) is -0.353. The second-order valence-corrected chi connectivity index (χ2v) is 5.54. The van der Waals surface area contributed by atoms with E-state index < -0.39 is 5.97 Å². The molecule has 0 atom stereocenters. The van der Waals surface area contributed by atoms with E-state index in [1.165, 1.54) is 5.56 Å². The van der Waals surface area contributed by atoms with Crippen molar-refractivity contribution in [2.75, 3.05) is 6.61 Å². The number of carbonyl (C=O) groups is 1. The van der Waals surface area contributed by atoms with Gasteiger partial charge in [0.05, 0.1) is 5.52 Å². The summed E-state index contributed by atoms with van der Waals surface area (Å²) in [6, 6.07) is 18.2. The number of benzene rings is 2.